The Morgan fingerprint density at radius 1 is 0.521 bits per heavy atom. The molecule has 0 aromatic rings. The number of unbranched alkanes of at least 4 members (excludes halogenated alkanes) is 21. The number of rotatable bonds is 36. The molecule has 0 spiro atoms. The van der Waals surface area contributed by atoms with Crippen molar-refractivity contribution in [2.75, 3.05) is 13.2 Å². The van der Waals surface area contributed by atoms with Crippen molar-refractivity contribution < 1.29 is 29.3 Å². The molecule has 0 aromatic heterocycles. The summed E-state index contributed by atoms with van der Waals surface area (Å²) in [6.45, 7) is 10.6. The number of hydrogen-bond acceptors (Lipinski definition) is 6. The summed E-state index contributed by atoms with van der Waals surface area (Å²) in [6.07, 6.45) is 31.3. The van der Waals surface area contributed by atoms with Gasteiger partial charge in [-0.05, 0) is 38.0 Å². The van der Waals surface area contributed by atoms with E-state index < -0.39 is 18.1 Å². The minimum atomic E-state index is -0.935. The second-order valence-corrected chi connectivity index (χ2v) is 15.7. The monoisotopic (exact) mass is 683 g/mol. The van der Waals surface area contributed by atoms with Gasteiger partial charge in [-0.2, -0.15) is 0 Å². The van der Waals surface area contributed by atoms with Crippen LogP contribution in [0.2, 0.25) is 0 Å². The molecule has 2 N–H and O–H groups in total. The van der Waals surface area contributed by atoms with Crippen LogP contribution < -0.4 is 0 Å². The average molecular weight is 683 g/mol. The van der Waals surface area contributed by atoms with Gasteiger partial charge in [0.25, 0.3) is 0 Å². The van der Waals surface area contributed by atoms with E-state index in [1.54, 1.807) is 6.92 Å². The largest absolute Gasteiger partial charge is 0.462 e. The lowest BCUT2D eigenvalue weighted by Gasteiger charge is -2.21. The van der Waals surface area contributed by atoms with E-state index in [0.29, 0.717) is 12.8 Å². The van der Waals surface area contributed by atoms with Crippen molar-refractivity contribution >= 4 is 11.9 Å². The molecule has 3 unspecified atom stereocenters. The SMILES string of the molecule is CC(C)CCCCCCCCCCCCCCC(=O)OCC(C)OC(=O)C(CCCCCCCCCCCCCC(C)C)CC(O)CO. The zero-order chi connectivity index (χ0) is 35.7. The first kappa shape index (κ1) is 46.9. The molecule has 0 amide bonds. The topological polar surface area (TPSA) is 93.1 Å². The number of aliphatic hydroxyl groups excluding tert-OH is 2. The predicted octanol–water partition coefficient (Wildman–Crippen LogP) is 11.7. The van der Waals surface area contributed by atoms with Gasteiger partial charge >= 0.3 is 11.9 Å². The van der Waals surface area contributed by atoms with Gasteiger partial charge in [-0.3, -0.25) is 9.59 Å². The highest BCUT2D eigenvalue weighted by atomic mass is 16.6. The summed E-state index contributed by atoms with van der Waals surface area (Å²) in [5.74, 6) is 0.591. The summed E-state index contributed by atoms with van der Waals surface area (Å²) in [5.41, 5.74) is 0. The van der Waals surface area contributed by atoms with Gasteiger partial charge in [-0.25, -0.2) is 0 Å². The van der Waals surface area contributed by atoms with Gasteiger partial charge in [0.15, 0.2) is 0 Å². The number of esters is 2. The van der Waals surface area contributed by atoms with Crippen LogP contribution in [0.3, 0.4) is 0 Å². The molecule has 0 fully saturated rings. The first-order chi connectivity index (χ1) is 23.1. The minimum Gasteiger partial charge on any atom is -0.462 e. The van der Waals surface area contributed by atoms with Crippen molar-refractivity contribution in [1.29, 1.82) is 0 Å². The summed E-state index contributed by atoms with van der Waals surface area (Å²) in [7, 11) is 0. The lowest BCUT2D eigenvalue weighted by molar-refractivity contribution is -0.162. The molecular formula is C42H82O6. The summed E-state index contributed by atoms with van der Waals surface area (Å²) in [5, 5.41) is 19.3. The minimum absolute atomic E-state index is 0.0511. The van der Waals surface area contributed by atoms with Crippen LogP contribution in [0.15, 0.2) is 0 Å². The average Bonchev–Trinajstić information content (AvgIpc) is 3.04. The first-order valence-corrected chi connectivity index (χ1v) is 20.8. The third-order valence-electron chi connectivity index (χ3n) is 9.64. The van der Waals surface area contributed by atoms with Crippen molar-refractivity contribution in [2.24, 2.45) is 17.8 Å². The fourth-order valence-electron chi connectivity index (χ4n) is 6.47. The van der Waals surface area contributed by atoms with Crippen LogP contribution in [0.5, 0.6) is 0 Å². The highest BCUT2D eigenvalue weighted by Gasteiger charge is 2.25. The number of carbonyl (C=O) groups is 2. The Morgan fingerprint density at radius 2 is 0.875 bits per heavy atom. The van der Waals surface area contributed by atoms with Gasteiger partial charge in [0.1, 0.15) is 12.7 Å². The van der Waals surface area contributed by atoms with Crippen LogP contribution in [0.4, 0.5) is 0 Å². The van der Waals surface area contributed by atoms with Crippen LogP contribution in [-0.2, 0) is 19.1 Å². The summed E-state index contributed by atoms with van der Waals surface area (Å²) < 4.78 is 11.0. The first-order valence-electron chi connectivity index (χ1n) is 20.8. The van der Waals surface area contributed by atoms with Crippen molar-refractivity contribution in [1.82, 2.24) is 0 Å². The Balaban J connectivity index is 3.91. The highest BCUT2D eigenvalue weighted by Crippen LogP contribution is 2.21. The molecule has 0 aliphatic carbocycles. The van der Waals surface area contributed by atoms with E-state index in [1.165, 1.54) is 122 Å². The van der Waals surface area contributed by atoms with Crippen LogP contribution in [0.25, 0.3) is 0 Å². The Kier molecular flexibility index (Phi) is 33.5. The van der Waals surface area contributed by atoms with Gasteiger partial charge < -0.3 is 19.7 Å². The highest BCUT2D eigenvalue weighted by molar-refractivity contribution is 5.72. The zero-order valence-electron chi connectivity index (χ0n) is 32.6. The Hall–Kier alpha value is -1.14. The molecule has 0 aromatic carbocycles. The fraction of sp³-hybridized carbons (Fsp3) is 0.952. The smallest absolute Gasteiger partial charge is 0.309 e. The molecule has 0 radical (unpaired) electrons. The Morgan fingerprint density at radius 3 is 1.25 bits per heavy atom. The van der Waals surface area contributed by atoms with E-state index in [-0.39, 0.29) is 31.6 Å². The second-order valence-electron chi connectivity index (χ2n) is 15.7. The summed E-state index contributed by atoms with van der Waals surface area (Å²) in [4.78, 5) is 25.1. The molecule has 0 saturated heterocycles. The molecule has 286 valence electrons. The summed E-state index contributed by atoms with van der Waals surface area (Å²) >= 11 is 0. The maximum absolute atomic E-state index is 12.9. The van der Waals surface area contributed by atoms with Crippen LogP contribution in [-0.4, -0.2) is 47.6 Å². The van der Waals surface area contributed by atoms with Crippen LogP contribution in [0.1, 0.15) is 214 Å². The van der Waals surface area contributed by atoms with Crippen LogP contribution in [0, 0.1) is 17.8 Å². The van der Waals surface area contributed by atoms with Gasteiger partial charge in [0, 0.05) is 6.42 Å². The maximum atomic E-state index is 12.9. The molecule has 0 rings (SSSR count). The number of aliphatic hydroxyl groups is 2. The number of hydrogen-bond donors (Lipinski definition) is 2. The molecule has 3 atom stereocenters. The van der Waals surface area contributed by atoms with Crippen molar-refractivity contribution in [3.8, 4) is 0 Å². The zero-order valence-corrected chi connectivity index (χ0v) is 32.6. The van der Waals surface area contributed by atoms with Gasteiger partial charge in [0.2, 0.25) is 0 Å². The molecule has 6 nitrogen and oxygen atoms in total. The van der Waals surface area contributed by atoms with E-state index in [0.717, 1.165) is 50.4 Å². The fourth-order valence-corrected chi connectivity index (χ4v) is 6.47. The molecule has 0 heterocycles. The van der Waals surface area contributed by atoms with E-state index in [2.05, 4.69) is 27.7 Å². The standard InChI is InChI=1S/C42H82O6/c1-36(2)29-25-21-17-13-9-6-7-12-16-20-24-28-32-41(45)47-35-38(5)48-42(46)39(33-40(44)34-43)31-27-23-19-15-11-8-10-14-18-22-26-30-37(3)4/h36-40,43-44H,6-35H2,1-5H3. The van der Waals surface area contributed by atoms with Gasteiger partial charge in [-0.15, -0.1) is 0 Å². The summed E-state index contributed by atoms with van der Waals surface area (Å²) in [6, 6.07) is 0. The lowest BCUT2D eigenvalue weighted by atomic mass is 9.94. The van der Waals surface area contributed by atoms with E-state index in [9.17, 15) is 19.8 Å². The van der Waals surface area contributed by atoms with E-state index in [4.69, 9.17) is 9.47 Å². The van der Waals surface area contributed by atoms with Gasteiger partial charge in [0.05, 0.1) is 18.6 Å². The molecular weight excluding hydrogens is 600 g/mol. The van der Waals surface area contributed by atoms with Crippen LogP contribution >= 0.6 is 0 Å². The third kappa shape index (κ3) is 33.4. The lowest BCUT2D eigenvalue weighted by Crippen LogP contribution is -2.29. The second kappa shape index (κ2) is 34.3. The molecule has 0 saturated carbocycles. The molecule has 6 heteroatoms. The predicted molar refractivity (Wildman–Crippen MR) is 202 cm³/mol. The van der Waals surface area contributed by atoms with E-state index >= 15 is 0 Å². The maximum Gasteiger partial charge on any atom is 0.309 e. The third-order valence-corrected chi connectivity index (χ3v) is 9.64. The number of ether oxygens (including phenoxy) is 2. The Bertz CT molecular complexity index is 708. The Labute approximate surface area is 298 Å². The van der Waals surface area contributed by atoms with E-state index in [1.807, 2.05) is 0 Å². The van der Waals surface area contributed by atoms with Gasteiger partial charge in [-0.1, -0.05) is 182 Å². The normalized spacial score (nSPS) is 13.6. The van der Waals surface area contributed by atoms with Crippen molar-refractivity contribution in [3.63, 3.8) is 0 Å². The van der Waals surface area contributed by atoms with Crippen molar-refractivity contribution in [2.45, 2.75) is 227 Å². The van der Waals surface area contributed by atoms with Crippen molar-refractivity contribution in [3.05, 3.63) is 0 Å². The molecule has 0 aliphatic rings. The molecule has 0 bridgehead atoms. The molecule has 48 heavy (non-hydrogen) atoms. The number of carbonyl (C=O) groups excluding carboxylic acids is 2. The quantitative estimate of drug-likeness (QED) is 0.0504. The molecule has 0 aliphatic heterocycles.